The number of hydrogen-bond acceptors (Lipinski definition) is 5. The molecule has 0 fully saturated rings. The Labute approximate surface area is 215 Å². The third kappa shape index (κ3) is 5.97. The van der Waals surface area contributed by atoms with Crippen LogP contribution in [-0.4, -0.2) is 21.6 Å². The molecule has 2 aromatic carbocycles. The maximum atomic E-state index is 12.8. The number of ether oxygens (including phenoxy) is 1. The van der Waals surface area contributed by atoms with Crippen LogP contribution in [0.25, 0.3) is 0 Å². The van der Waals surface area contributed by atoms with Gasteiger partial charge in [-0.05, 0) is 43.3 Å². The molecule has 4 aromatic rings. The lowest BCUT2D eigenvalue weighted by Gasteiger charge is -2.09. The smallest absolute Gasteiger partial charge is 0.291 e. The number of aryl methyl sites for hydroxylation is 1. The molecule has 0 radical (unpaired) electrons. The summed E-state index contributed by atoms with van der Waals surface area (Å²) in [5.74, 6) is -0.368. The number of nitrogens with zero attached hydrogens (tertiary/aromatic N) is 2. The minimum Gasteiger partial charge on any atom is -0.483 e. The molecule has 0 aliphatic carbocycles. The summed E-state index contributed by atoms with van der Waals surface area (Å²) in [4.78, 5) is 25.6. The van der Waals surface area contributed by atoms with Crippen molar-refractivity contribution in [3.05, 3.63) is 93.1 Å². The second-order valence-electron chi connectivity index (χ2n) is 7.27. The van der Waals surface area contributed by atoms with Gasteiger partial charge in [0.25, 0.3) is 11.8 Å². The largest absolute Gasteiger partial charge is 0.483 e. The van der Waals surface area contributed by atoms with Crippen LogP contribution in [0.4, 0.5) is 11.4 Å². The maximum absolute atomic E-state index is 12.8. The first-order valence-electron chi connectivity index (χ1n) is 10.4. The van der Waals surface area contributed by atoms with Crippen molar-refractivity contribution >= 4 is 58.0 Å². The number of nitrogens with one attached hydrogen (secondary N) is 2. The topological polar surface area (TPSA) is 98.4 Å². The Bertz CT molecular complexity index is 1350. The highest BCUT2D eigenvalue weighted by Gasteiger charge is 2.21. The van der Waals surface area contributed by atoms with E-state index in [0.29, 0.717) is 23.0 Å². The second-order valence-corrected chi connectivity index (χ2v) is 8.53. The van der Waals surface area contributed by atoms with Gasteiger partial charge in [0.05, 0.1) is 15.7 Å². The lowest BCUT2D eigenvalue weighted by atomic mass is 10.3. The molecule has 35 heavy (non-hydrogen) atoms. The van der Waals surface area contributed by atoms with Gasteiger partial charge in [-0.3, -0.25) is 14.3 Å². The van der Waals surface area contributed by atoms with Gasteiger partial charge in [0, 0.05) is 23.5 Å². The van der Waals surface area contributed by atoms with E-state index in [0.717, 1.165) is 0 Å². The zero-order chi connectivity index (χ0) is 24.9. The van der Waals surface area contributed by atoms with Gasteiger partial charge in [0.1, 0.15) is 12.4 Å². The molecule has 0 spiro atoms. The number of amides is 2. The van der Waals surface area contributed by atoms with Gasteiger partial charge in [0.2, 0.25) is 0 Å². The molecule has 180 valence electrons. The van der Waals surface area contributed by atoms with Crippen LogP contribution < -0.4 is 15.4 Å². The molecule has 2 amide bonds. The number of furan rings is 1. The molecular formula is C24H19Cl3N4O4. The van der Waals surface area contributed by atoms with Crippen molar-refractivity contribution in [3.63, 3.8) is 0 Å². The summed E-state index contributed by atoms with van der Waals surface area (Å²) in [5, 5.41) is 10.6. The van der Waals surface area contributed by atoms with Crippen molar-refractivity contribution in [2.45, 2.75) is 20.1 Å². The van der Waals surface area contributed by atoms with Crippen LogP contribution in [0.3, 0.4) is 0 Å². The van der Waals surface area contributed by atoms with Gasteiger partial charge >= 0.3 is 0 Å². The first-order valence-corrected chi connectivity index (χ1v) is 11.6. The van der Waals surface area contributed by atoms with Gasteiger partial charge in [-0.2, -0.15) is 5.10 Å². The molecule has 0 aliphatic heterocycles. The number of carbonyl (C=O) groups excluding carboxylic acids is 2. The van der Waals surface area contributed by atoms with Crippen molar-refractivity contribution in [1.29, 1.82) is 0 Å². The zero-order valence-electron chi connectivity index (χ0n) is 18.3. The summed E-state index contributed by atoms with van der Waals surface area (Å²) >= 11 is 18.2. The standard InChI is InChI=1S/C24H19Cl3N4O4/c1-2-31-12-19(21(30-31)24(33)28-15-6-4-3-5-7-15)29-23(32)20-9-8-16(35-20)13-34-22-17(26)10-14(25)11-18(22)27/h3-12H,2,13H2,1H3,(H,28,33)(H,29,32). The second kappa shape index (κ2) is 10.9. The number of benzene rings is 2. The van der Waals surface area contributed by atoms with Crippen LogP contribution in [0.1, 0.15) is 33.7 Å². The summed E-state index contributed by atoms with van der Waals surface area (Å²) in [6.07, 6.45) is 1.58. The number of hydrogen-bond donors (Lipinski definition) is 2. The van der Waals surface area contributed by atoms with Crippen LogP contribution in [0.2, 0.25) is 15.1 Å². The lowest BCUT2D eigenvalue weighted by Crippen LogP contribution is -2.17. The van der Waals surface area contributed by atoms with E-state index in [2.05, 4.69) is 15.7 Å². The SMILES string of the molecule is CCn1cc(NC(=O)c2ccc(COc3c(Cl)cc(Cl)cc3Cl)o2)c(C(=O)Nc2ccccc2)n1. The van der Waals surface area contributed by atoms with E-state index < -0.39 is 11.8 Å². The maximum Gasteiger partial charge on any atom is 0.291 e. The van der Waals surface area contributed by atoms with Gasteiger partial charge in [-0.15, -0.1) is 0 Å². The highest BCUT2D eigenvalue weighted by Crippen LogP contribution is 2.36. The molecule has 0 aliphatic rings. The van der Waals surface area contributed by atoms with Crippen LogP contribution in [-0.2, 0) is 13.2 Å². The molecule has 0 saturated carbocycles. The molecule has 0 bridgehead atoms. The van der Waals surface area contributed by atoms with E-state index in [-0.39, 0.29) is 39.5 Å². The third-order valence-corrected chi connectivity index (χ3v) is 5.57. The Hall–Kier alpha value is -3.46. The minimum absolute atomic E-state index is 0.0210. The average molecular weight is 534 g/mol. The molecule has 0 atom stereocenters. The van der Waals surface area contributed by atoms with E-state index in [1.165, 1.54) is 18.2 Å². The molecular weight excluding hydrogens is 515 g/mol. The molecule has 2 aromatic heterocycles. The first kappa shape index (κ1) is 24.7. The van der Waals surface area contributed by atoms with Crippen LogP contribution in [0, 0.1) is 0 Å². The summed E-state index contributed by atoms with van der Waals surface area (Å²) in [5.41, 5.74) is 0.933. The van der Waals surface area contributed by atoms with Crippen molar-refractivity contribution < 1.29 is 18.7 Å². The quantitative estimate of drug-likeness (QED) is 0.268. The number of anilines is 2. The number of rotatable bonds is 8. The fourth-order valence-electron chi connectivity index (χ4n) is 3.13. The Morgan fingerprint density at radius 2 is 1.71 bits per heavy atom. The van der Waals surface area contributed by atoms with Crippen molar-refractivity contribution in [3.8, 4) is 5.75 Å². The summed E-state index contributed by atoms with van der Waals surface area (Å²) < 4.78 is 12.8. The Kier molecular flexibility index (Phi) is 7.65. The monoisotopic (exact) mass is 532 g/mol. The lowest BCUT2D eigenvalue weighted by molar-refractivity contribution is 0.0992. The van der Waals surface area contributed by atoms with Gasteiger partial charge in [-0.25, -0.2) is 0 Å². The van der Waals surface area contributed by atoms with Gasteiger partial charge < -0.3 is 19.8 Å². The number of aromatic nitrogens is 2. The molecule has 8 nitrogen and oxygen atoms in total. The van der Waals surface area contributed by atoms with E-state index in [9.17, 15) is 9.59 Å². The highest BCUT2D eigenvalue weighted by atomic mass is 35.5. The van der Waals surface area contributed by atoms with Crippen molar-refractivity contribution in [1.82, 2.24) is 9.78 Å². The van der Waals surface area contributed by atoms with Crippen molar-refractivity contribution in [2.75, 3.05) is 10.6 Å². The molecule has 0 unspecified atom stereocenters. The van der Waals surface area contributed by atoms with Gasteiger partial charge in [0.15, 0.2) is 17.2 Å². The Morgan fingerprint density at radius 3 is 2.40 bits per heavy atom. The summed E-state index contributed by atoms with van der Waals surface area (Å²) in [7, 11) is 0. The molecule has 11 heteroatoms. The predicted octanol–water partition coefficient (Wildman–Crippen LogP) is 6.54. The summed E-state index contributed by atoms with van der Waals surface area (Å²) in [6, 6.07) is 15.0. The molecule has 2 N–H and O–H groups in total. The van der Waals surface area contributed by atoms with Crippen molar-refractivity contribution in [2.24, 2.45) is 0 Å². The zero-order valence-corrected chi connectivity index (χ0v) is 20.6. The molecule has 2 heterocycles. The number of para-hydroxylation sites is 1. The van der Waals surface area contributed by atoms with E-state index in [1.54, 1.807) is 41.2 Å². The van der Waals surface area contributed by atoms with E-state index >= 15 is 0 Å². The van der Waals surface area contributed by atoms with Crippen LogP contribution in [0.5, 0.6) is 5.75 Å². The van der Waals surface area contributed by atoms with E-state index in [4.69, 9.17) is 44.0 Å². The fraction of sp³-hybridized carbons (Fsp3) is 0.125. The molecule has 0 saturated heterocycles. The van der Waals surface area contributed by atoms with E-state index in [1.807, 2.05) is 13.0 Å². The first-order chi connectivity index (χ1) is 16.8. The average Bonchev–Trinajstić information content (AvgIpc) is 3.46. The van der Waals surface area contributed by atoms with Crippen LogP contribution >= 0.6 is 34.8 Å². The molecule has 4 rings (SSSR count). The number of carbonyl (C=O) groups is 2. The predicted molar refractivity (Wildman–Crippen MR) is 135 cm³/mol. The Balaban J connectivity index is 1.45. The Morgan fingerprint density at radius 1 is 1.00 bits per heavy atom. The number of halogens is 3. The summed E-state index contributed by atoms with van der Waals surface area (Å²) in [6.45, 7) is 2.36. The van der Waals surface area contributed by atoms with Crippen LogP contribution in [0.15, 0.2) is 65.2 Å². The highest BCUT2D eigenvalue weighted by molar-refractivity contribution is 6.40. The van der Waals surface area contributed by atoms with Gasteiger partial charge in [-0.1, -0.05) is 53.0 Å². The minimum atomic E-state index is -0.553. The fourth-order valence-corrected chi connectivity index (χ4v) is 4.05. The third-order valence-electron chi connectivity index (χ3n) is 4.79. The normalized spacial score (nSPS) is 10.7.